The van der Waals surface area contributed by atoms with Gasteiger partial charge in [0.15, 0.2) is 5.82 Å². The van der Waals surface area contributed by atoms with Gasteiger partial charge < -0.3 is 5.32 Å². The van der Waals surface area contributed by atoms with E-state index in [0.29, 0.717) is 0 Å². The Morgan fingerprint density at radius 3 is 2.48 bits per heavy atom. The number of rotatable bonds is 1. The Labute approximate surface area is 233 Å². The quantitative estimate of drug-likeness (QED) is 0.226. The van der Waals surface area contributed by atoms with Crippen LogP contribution in [0, 0.1) is 0 Å². The lowest BCUT2D eigenvalue weighted by Gasteiger charge is -2.23. The lowest BCUT2D eigenvalue weighted by atomic mass is 9.99. The number of fused-ring (bicyclic) bond motifs is 12. The van der Waals surface area contributed by atoms with Crippen molar-refractivity contribution in [3.05, 3.63) is 115 Å². The number of allylic oxidation sites excluding steroid dienone is 2. The topological polar surface area (TPSA) is 28.8 Å². The summed E-state index contributed by atoms with van der Waals surface area (Å²) in [6.45, 7) is 0. The Morgan fingerprint density at radius 1 is 0.675 bits per heavy atom. The van der Waals surface area contributed by atoms with Crippen molar-refractivity contribution in [1.29, 1.82) is 0 Å². The van der Waals surface area contributed by atoms with Crippen molar-refractivity contribution in [3.63, 3.8) is 0 Å². The van der Waals surface area contributed by atoms with Gasteiger partial charge in [-0.3, -0.25) is 4.40 Å². The molecule has 2 aliphatic rings. The number of thiophene rings is 1. The summed E-state index contributed by atoms with van der Waals surface area (Å²) in [5, 5.41) is 12.8. The minimum atomic E-state index is 0.118. The fraction of sp³-hybridized carbons (Fsp3) is 0.0278. The number of nitrogens with one attached hydrogen (secondary N) is 1. The Morgan fingerprint density at radius 2 is 1.50 bits per heavy atom. The molecule has 0 amide bonds. The highest BCUT2D eigenvalue weighted by molar-refractivity contribution is 7.26. The van der Waals surface area contributed by atoms with Crippen molar-refractivity contribution in [3.8, 4) is 11.1 Å². The number of para-hydroxylation sites is 1. The molecule has 1 unspecified atom stereocenters. The minimum absolute atomic E-state index is 0.118. The number of hydrogen-bond acceptors (Lipinski definition) is 3. The molecule has 0 fully saturated rings. The second kappa shape index (κ2) is 7.38. The zero-order chi connectivity index (χ0) is 25.9. The highest BCUT2D eigenvalue weighted by Crippen LogP contribution is 2.49. The van der Waals surface area contributed by atoms with Gasteiger partial charge in [-0.2, -0.15) is 0 Å². The molecule has 1 aliphatic carbocycles. The first-order valence-electron chi connectivity index (χ1n) is 13.7. The molecular formula is C36H21N3S. The Hall–Kier alpha value is -4.93. The van der Waals surface area contributed by atoms with Gasteiger partial charge in [-0.15, -0.1) is 11.3 Å². The van der Waals surface area contributed by atoms with E-state index >= 15 is 0 Å². The predicted molar refractivity (Wildman–Crippen MR) is 172 cm³/mol. The van der Waals surface area contributed by atoms with E-state index in [2.05, 4.69) is 125 Å². The number of aliphatic imine (C=N–C) groups is 1. The highest BCUT2D eigenvalue weighted by Gasteiger charge is 2.29. The van der Waals surface area contributed by atoms with Crippen LogP contribution in [-0.4, -0.2) is 16.2 Å². The maximum atomic E-state index is 5.23. The lowest BCUT2D eigenvalue weighted by Crippen LogP contribution is -2.29. The largest absolute Gasteiger partial charge is 0.370 e. The summed E-state index contributed by atoms with van der Waals surface area (Å²) >= 11 is 1.89. The van der Waals surface area contributed by atoms with Gasteiger partial charge in [0.05, 0.1) is 33.2 Å². The zero-order valence-electron chi connectivity index (χ0n) is 21.3. The third kappa shape index (κ3) is 2.61. The van der Waals surface area contributed by atoms with E-state index < -0.39 is 0 Å². The molecule has 0 spiro atoms. The molecule has 0 radical (unpaired) electrons. The average Bonchev–Trinajstić information content (AvgIpc) is 3.66. The van der Waals surface area contributed by atoms with Crippen LogP contribution in [0.2, 0.25) is 0 Å². The first-order chi connectivity index (χ1) is 19.8. The van der Waals surface area contributed by atoms with Crippen LogP contribution in [0.4, 0.5) is 11.5 Å². The molecule has 3 aromatic heterocycles. The number of anilines is 1. The summed E-state index contributed by atoms with van der Waals surface area (Å²) in [5.41, 5.74) is 7.22. The SMILES string of the molecule is C1=CC2=Nc3c(c4cccc5c6ccc7c8cc(-c9ccc%10ccccc%10c9)ccc8sc7c6n3c45)NC2C=C1. The number of aromatic nitrogens is 1. The maximum Gasteiger partial charge on any atom is 0.162 e. The van der Waals surface area contributed by atoms with Crippen LogP contribution in [0.5, 0.6) is 0 Å². The van der Waals surface area contributed by atoms with Gasteiger partial charge in [0.25, 0.3) is 0 Å². The van der Waals surface area contributed by atoms with Gasteiger partial charge >= 0.3 is 0 Å². The molecule has 1 aliphatic heterocycles. The van der Waals surface area contributed by atoms with Crippen molar-refractivity contribution < 1.29 is 0 Å². The van der Waals surface area contributed by atoms with Crippen LogP contribution in [0.15, 0.2) is 120 Å². The summed E-state index contributed by atoms with van der Waals surface area (Å²) < 4.78 is 5.05. The van der Waals surface area contributed by atoms with E-state index in [1.54, 1.807) is 0 Å². The predicted octanol–water partition coefficient (Wildman–Crippen LogP) is 9.86. The van der Waals surface area contributed by atoms with Crippen molar-refractivity contribution in [2.75, 3.05) is 5.32 Å². The van der Waals surface area contributed by atoms with Crippen molar-refractivity contribution in [1.82, 2.24) is 4.40 Å². The standard InChI is InChI=1S/C36H21N3S/c1-2-7-21-18-22(13-12-20(21)6-1)23-14-17-31-28(19-23)26-16-15-25-24-8-5-9-27-32-36(38-30-11-4-3-10-29(30)37-32)39(33(24)27)34(25)35(26)40-31/h1-19,29,37H. The fourth-order valence-corrected chi connectivity index (χ4v) is 8.08. The second-order valence-electron chi connectivity index (χ2n) is 10.9. The van der Waals surface area contributed by atoms with Gasteiger partial charge in [0.1, 0.15) is 0 Å². The summed E-state index contributed by atoms with van der Waals surface area (Å²) in [4.78, 5) is 5.23. The van der Waals surface area contributed by atoms with E-state index in [4.69, 9.17) is 4.99 Å². The summed E-state index contributed by atoms with van der Waals surface area (Å²) in [7, 11) is 0. The monoisotopic (exact) mass is 527 g/mol. The van der Waals surface area contributed by atoms with E-state index in [1.165, 1.54) is 69.3 Å². The smallest absolute Gasteiger partial charge is 0.162 e. The molecule has 10 rings (SSSR count). The first kappa shape index (κ1) is 21.0. The third-order valence-corrected chi connectivity index (χ3v) is 9.90. The van der Waals surface area contributed by atoms with Crippen LogP contribution < -0.4 is 5.32 Å². The average molecular weight is 528 g/mol. The fourth-order valence-electron chi connectivity index (χ4n) is 6.86. The summed E-state index contributed by atoms with van der Waals surface area (Å²) in [5.74, 6) is 1.01. The lowest BCUT2D eigenvalue weighted by molar-refractivity contribution is 1.11. The molecule has 0 bridgehead atoms. The van der Waals surface area contributed by atoms with Crippen molar-refractivity contribution in [2.24, 2.45) is 4.99 Å². The highest BCUT2D eigenvalue weighted by atomic mass is 32.1. The Balaban J connectivity index is 1.28. The van der Waals surface area contributed by atoms with Crippen LogP contribution in [0.1, 0.15) is 0 Å². The molecule has 8 aromatic rings. The van der Waals surface area contributed by atoms with Gasteiger partial charge in [0, 0.05) is 31.6 Å². The van der Waals surface area contributed by atoms with E-state index in [-0.39, 0.29) is 6.04 Å². The van der Waals surface area contributed by atoms with E-state index in [9.17, 15) is 0 Å². The third-order valence-electron chi connectivity index (χ3n) is 8.71. The Bertz CT molecular complexity index is 2470. The van der Waals surface area contributed by atoms with Crippen LogP contribution in [-0.2, 0) is 0 Å². The molecule has 4 heteroatoms. The van der Waals surface area contributed by atoms with E-state index in [0.717, 1.165) is 17.2 Å². The second-order valence-corrected chi connectivity index (χ2v) is 11.9. The molecule has 5 aromatic carbocycles. The Kier molecular flexibility index (Phi) is 3.87. The van der Waals surface area contributed by atoms with Crippen molar-refractivity contribution in [2.45, 2.75) is 6.04 Å². The molecule has 0 saturated carbocycles. The van der Waals surface area contributed by atoms with Gasteiger partial charge in [0.2, 0.25) is 0 Å². The number of nitrogens with zero attached hydrogens (tertiary/aromatic N) is 2. The molecule has 0 saturated heterocycles. The summed E-state index contributed by atoms with van der Waals surface area (Å²) in [6.07, 6.45) is 8.48. The maximum absolute atomic E-state index is 5.23. The molecule has 1 N–H and O–H groups in total. The first-order valence-corrected chi connectivity index (χ1v) is 14.5. The van der Waals surface area contributed by atoms with Crippen LogP contribution in [0.25, 0.3) is 69.3 Å². The zero-order valence-corrected chi connectivity index (χ0v) is 22.2. The van der Waals surface area contributed by atoms with Crippen LogP contribution >= 0.6 is 11.3 Å². The molecule has 1 atom stereocenters. The van der Waals surface area contributed by atoms with Crippen molar-refractivity contribution >= 4 is 86.7 Å². The number of benzene rings is 5. The van der Waals surface area contributed by atoms with Gasteiger partial charge in [-0.25, -0.2) is 4.99 Å². The van der Waals surface area contributed by atoms with Crippen LogP contribution in [0.3, 0.4) is 0 Å². The molecule has 186 valence electrons. The summed E-state index contributed by atoms with van der Waals surface area (Å²) in [6, 6.07) is 33.7. The molecule has 3 nitrogen and oxygen atoms in total. The molecule has 4 heterocycles. The van der Waals surface area contributed by atoms with Gasteiger partial charge in [-0.1, -0.05) is 91.0 Å². The number of hydrogen-bond donors (Lipinski definition) is 1. The normalized spacial score (nSPS) is 16.4. The molecule has 40 heavy (non-hydrogen) atoms. The van der Waals surface area contributed by atoms with E-state index in [1.807, 2.05) is 11.3 Å². The minimum Gasteiger partial charge on any atom is -0.370 e. The molecular weight excluding hydrogens is 506 g/mol. The van der Waals surface area contributed by atoms with Gasteiger partial charge in [-0.05, 0) is 46.2 Å².